The summed E-state index contributed by atoms with van der Waals surface area (Å²) in [7, 11) is 0. The zero-order valence-corrected chi connectivity index (χ0v) is 24.3. The van der Waals surface area contributed by atoms with Gasteiger partial charge in [0.2, 0.25) is 0 Å². The van der Waals surface area contributed by atoms with Crippen molar-refractivity contribution < 1.29 is 60.6 Å². The van der Waals surface area contributed by atoms with Crippen molar-refractivity contribution in [3.63, 3.8) is 0 Å². The minimum atomic E-state index is -1.70. The number of aliphatic hydroxyl groups excluding tert-OH is 10. The van der Waals surface area contributed by atoms with Crippen LogP contribution >= 0.6 is 11.8 Å². The molecule has 0 saturated carbocycles. The van der Waals surface area contributed by atoms with Gasteiger partial charge in [-0.25, -0.2) is 0 Å². The molecule has 0 aliphatic carbocycles. The van der Waals surface area contributed by atoms with Crippen molar-refractivity contribution in [2.75, 3.05) is 39.5 Å². The highest BCUT2D eigenvalue weighted by Crippen LogP contribution is 2.21. The van der Waals surface area contributed by atoms with Gasteiger partial charge in [0.1, 0.15) is 24.6 Å². The Labute approximate surface area is 244 Å². The van der Waals surface area contributed by atoms with Crippen molar-refractivity contribution in [2.24, 2.45) is 5.92 Å². The van der Waals surface area contributed by atoms with Crippen LogP contribution in [-0.2, 0) is 10.5 Å². The molecule has 0 fully saturated rings. The van der Waals surface area contributed by atoms with Crippen LogP contribution in [0, 0.1) is 5.92 Å². The van der Waals surface area contributed by atoms with Crippen molar-refractivity contribution >= 4 is 16.9 Å². The Balaban J connectivity index is 2.86. The van der Waals surface area contributed by atoms with E-state index in [2.05, 4.69) is 0 Å². The first-order chi connectivity index (χ1) is 19.3. The summed E-state index contributed by atoms with van der Waals surface area (Å²) in [6.07, 6.45) is -12.9. The lowest BCUT2D eigenvalue weighted by Gasteiger charge is -2.32. The molecule has 0 heterocycles. The smallest absolute Gasteiger partial charge is 0.191 e. The first-order valence-corrected chi connectivity index (χ1v) is 14.5. The lowest BCUT2D eigenvalue weighted by Crippen LogP contribution is -2.50. The van der Waals surface area contributed by atoms with Crippen molar-refractivity contribution in [1.29, 1.82) is 0 Å². The standard InChI is InChI=1S/C27H47NO12S/c1-16(2)27(39)41-15-17-4-3-5-19(8-17)40-7-6-28(11-23(35)20(32)10-21(33)25(37)14-30)12-24(36)26(38)22(34)9-18(31)13-29/h3-5,8,16,18,20-26,29-38H,6-7,9-15H2,1-2H3/t18-,20-,21-,22+,23-,24-,25+,26-/m0/s1. The van der Waals surface area contributed by atoms with Gasteiger partial charge in [-0.2, -0.15) is 0 Å². The highest BCUT2D eigenvalue weighted by atomic mass is 32.2. The highest BCUT2D eigenvalue weighted by molar-refractivity contribution is 8.13. The molecule has 14 heteroatoms. The average molecular weight is 610 g/mol. The van der Waals surface area contributed by atoms with Crippen molar-refractivity contribution in [3.05, 3.63) is 29.8 Å². The van der Waals surface area contributed by atoms with Crippen molar-refractivity contribution in [2.45, 2.75) is 81.3 Å². The van der Waals surface area contributed by atoms with Gasteiger partial charge < -0.3 is 55.8 Å². The van der Waals surface area contributed by atoms with E-state index < -0.39 is 68.5 Å². The van der Waals surface area contributed by atoms with E-state index in [4.69, 9.17) is 14.9 Å². The van der Waals surface area contributed by atoms with Crippen molar-refractivity contribution in [3.8, 4) is 5.75 Å². The number of benzene rings is 1. The molecular weight excluding hydrogens is 562 g/mol. The molecule has 0 saturated heterocycles. The van der Waals surface area contributed by atoms with Crippen LogP contribution in [0.2, 0.25) is 0 Å². The molecule has 0 unspecified atom stereocenters. The van der Waals surface area contributed by atoms with Crippen LogP contribution in [0.3, 0.4) is 0 Å². The molecule has 8 atom stereocenters. The van der Waals surface area contributed by atoms with E-state index in [-0.39, 0.29) is 43.7 Å². The number of hydrogen-bond donors (Lipinski definition) is 10. The molecule has 238 valence electrons. The monoisotopic (exact) mass is 609 g/mol. The van der Waals surface area contributed by atoms with Gasteiger partial charge in [0, 0.05) is 44.1 Å². The van der Waals surface area contributed by atoms with E-state index in [0.29, 0.717) is 11.5 Å². The fourth-order valence-electron chi connectivity index (χ4n) is 3.79. The fourth-order valence-corrected chi connectivity index (χ4v) is 4.61. The zero-order valence-electron chi connectivity index (χ0n) is 23.5. The minimum Gasteiger partial charge on any atom is -0.492 e. The predicted octanol–water partition coefficient (Wildman–Crippen LogP) is -2.56. The Hall–Kier alpha value is -1.40. The molecule has 1 rings (SSSR count). The van der Waals surface area contributed by atoms with Gasteiger partial charge >= 0.3 is 0 Å². The number of thioether (sulfide) groups is 1. The minimum absolute atomic E-state index is 0.0464. The lowest BCUT2D eigenvalue weighted by atomic mass is 10.0. The normalized spacial score (nSPS) is 18.0. The second-order valence-electron chi connectivity index (χ2n) is 10.4. The highest BCUT2D eigenvalue weighted by Gasteiger charge is 2.30. The molecule has 0 amide bonds. The SMILES string of the molecule is CC(C)C(=O)SCc1cccc(OCCN(C[C@H](O)[C@@H](O)[C@H](O)C[C@H](O)CO)C[C@H](O)[C@@H](O)C[C@H](O)[C@H](O)CO)c1. The van der Waals surface area contributed by atoms with Crippen LogP contribution in [0.4, 0.5) is 0 Å². The summed E-state index contributed by atoms with van der Waals surface area (Å²) in [5, 5.41) is 98.7. The third-order valence-corrected chi connectivity index (χ3v) is 7.62. The topological polar surface area (TPSA) is 232 Å². The van der Waals surface area contributed by atoms with E-state index in [1.165, 1.54) is 16.7 Å². The van der Waals surface area contributed by atoms with Gasteiger partial charge in [0.05, 0.1) is 49.8 Å². The van der Waals surface area contributed by atoms with E-state index in [0.717, 1.165) is 5.56 Å². The number of nitrogens with zero attached hydrogens (tertiary/aromatic N) is 1. The number of aliphatic hydroxyl groups is 10. The molecule has 13 nitrogen and oxygen atoms in total. The largest absolute Gasteiger partial charge is 0.492 e. The van der Waals surface area contributed by atoms with Gasteiger partial charge in [-0.05, 0) is 17.7 Å². The summed E-state index contributed by atoms with van der Waals surface area (Å²) < 4.78 is 5.81. The Morgan fingerprint density at radius 2 is 1.46 bits per heavy atom. The molecule has 0 aliphatic rings. The Kier molecular flexibility index (Phi) is 18.1. The Morgan fingerprint density at radius 1 is 0.829 bits per heavy atom. The third kappa shape index (κ3) is 14.6. The Morgan fingerprint density at radius 3 is 2.07 bits per heavy atom. The summed E-state index contributed by atoms with van der Waals surface area (Å²) in [5.41, 5.74) is 0.873. The molecule has 0 aliphatic heterocycles. The second-order valence-corrected chi connectivity index (χ2v) is 11.4. The first kappa shape index (κ1) is 37.6. The summed E-state index contributed by atoms with van der Waals surface area (Å²) in [4.78, 5) is 13.4. The van der Waals surface area contributed by atoms with Gasteiger partial charge in [0.25, 0.3) is 0 Å². The second kappa shape index (κ2) is 19.7. The van der Waals surface area contributed by atoms with Crippen LogP contribution in [0.1, 0.15) is 32.3 Å². The van der Waals surface area contributed by atoms with Crippen LogP contribution in [0.25, 0.3) is 0 Å². The van der Waals surface area contributed by atoms with Crippen LogP contribution in [0.15, 0.2) is 24.3 Å². The van der Waals surface area contributed by atoms with Crippen LogP contribution in [-0.4, -0.2) is 149 Å². The fraction of sp³-hybridized carbons (Fsp3) is 0.741. The number of rotatable bonds is 21. The molecule has 0 aromatic heterocycles. The molecule has 0 radical (unpaired) electrons. The van der Waals surface area contributed by atoms with Crippen LogP contribution < -0.4 is 4.74 Å². The number of hydrogen-bond acceptors (Lipinski definition) is 14. The summed E-state index contributed by atoms with van der Waals surface area (Å²) in [5.74, 6) is 0.895. The molecule has 1 aromatic carbocycles. The van der Waals surface area contributed by atoms with E-state index in [9.17, 15) is 45.6 Å². The maximum Gasteiger partial charge on any atom is 0.191 e. The number of carbonyl (C=O) groups excluding carboxylic acids is 1. The molecule has 41 heavy (non-hydrogen) atoms. The maximum absolute atomic E-state index is 11.9. The third-order valence-electron chi connectivity index (χ3n) is 6.39. The summed E-state index contributed by atoms with van der Waals surface area (Å²) in [6.45, 7) is 1.84. The van der Waals surface area contributed by atoms with Gasteiger partial charge in [0.15, 0.2) is 5.12 Å². The van der Waals surface area contributed by atoms with E-state index in [1.54, 1.807) is 18.2 Å². The zero-order chi connectivity index (χ0) is 31.1. The van der Waals surface area contributed by atoms with E-state index in [1.807, 2.05) is 19.9 Å². The average Bonchev–Trinajstić information content (AvgIpc) is 2.94. The maximum atomic E-state index is 11.9. The quantitative estimate of drug-likeness (QED) is 0.0691. The molecular formula is C27H47NO12S. The summed E-state index contributed by atoms with van der Waals surface area (Å²) in [6, 6.07) is 7.13. The van der Waals surface area contributed by atoms with Gasteiger partial charge in [-0.15, -0.1) is 0 Å². The predicted molar refractivity (Wildman–Crippen MR) is 151 cm³/mol. The molecule has 10 N–H and O–H groups in total. The number of carbonyl (C=O) groups is 1. The number of ether oxygens (including phenoxy) is 1. The lowest BCUT2D eigenvalue weighted by molar-refractivity contribution is -0.113. The molecule has 0 bridgehead atoms. The van der Waals surface area contributed by atoms with Gasteiger partial charge in [-0.3, -0.25) is 9.69 Å². The summed E-state index contributed by atoms with van der Waals surface area (Å²) >= 11 is 1.21. The van der Waals surface area contributed by atoms with Gasteiger partial charge in [-0.1, -0.05) is 37.7 Å². The molecule has 1 aromatic rings. The van der Waals surface area contributed by atoms with E-state index >= 15 is 0 Å². The first-order valence-electron chi connectivity index (χ1n) is 13.6. The van der Waals surface area contributed by atoms with Crippen LogP contribution in [0.5, 0.6) is 5.75 Å². The Bertz CT molecular complexity index is 865. The molecule has 0 spiro atoms. The van der Waals surface area contributed by atoms with Crippen molar-refractivity contribution in [1.82, 2.24) is 4.90 Å².